The van der Waals surface area contributed by atoms with Crippen molar-refractivity contribution in [1.82, 2.24) is 4.90 Å². The van der Waals surface area contributed by atoms with Gasteiger partial charge in [0, 0.05) is 23.5 Å². The van der Waals surface area contributed by atoms with Gasteiger partial charge in [-0.05, 0) is 49.8 Å². The number of carbonyl (C=O) groups is 2. The zero-order chi connectivity index (χ0) is 26.3. The number of allylic oxidation sites excluding steroid dienone is 4. The average Bonchev–Trinajstić information content (AvgIpc) is 2.93. The SMILES string of the molecule is C=C/C=C(\C=C(/C)N1CCOC(C(O)C(=O)Nc2ccc(C(=N)N)c(C)c2)CC1=O)OC(F)(F)F. The Hall–Kier alpha value is -3.64. The number of nitrogens with one attached hydrogen (secondary N) is 2. The number of amides is 2. The van der Waals surface area contributed by atoms with Gasteiger partial charge in [0.15, 0.2) is 6.10 Å². The molecule has 1 aliphatic heterocycles. The third-order valence-corrected chi connectivity index (χ3v) is 5.02. The van der Waals surface area contributed by atoms with Crippen LogP contribution in [0.3, 0.4) is 0 Å². The number of nitrogen functional groups attached to an aromatic ring is 1. The lowest BCUT2D eigenvalue weighted by Crippen LogP contribution is -2.41. The van der Waals surface area contributed by atoms with E-state index in [1.165, 1.54) is 17.9 Å². The van der Waals surface area contributed by atoms with E-state index in [1.807, 2.05) is 0 Å². The van der Waals surface area contributed by atoms with Crippen LogP contribution in [0, 0.1) is 12.3 Å². The predicted molar refractivity (Wildman–Crippen MR) is 122 cm³/mol. The summed E-state index contributed by atoms with van der Waals surface area (Å²) in [5.41, 5.74) is 7.11. The van der Waals surface area contributed by atoms with Crippen LogP contribution in [-0.4, -0.2) is 59.4 Å². The van der Waals surface area contributed by atoms with Crippen LogP contribution in [0.15, 0.2) is 54.5 Å². The van der Waals surface area contributed by atoms with Gasteiger partial charge in [0.25, 0.3) is 5.91 Å². The number of hydrogen-bond donors (Lipinski definition) is 4. The highest BCUT2D eigenvalue weighted by atomic mass is 19.4. The van der Waals surface area contributed by atoms with Crippen molar-refractivity contribution < 1.29 is 37.3 Å². The van der Waals surface area contributed by atoms with Gasteiger partial charge in [-0.15, -0.1) is 13.2 Å². The van der Waals surface area contributed by atoms with Crippen molar-refractivity contribution in [2.24, 2.45) is 5.73 Å². The molecule has 0 bridgehead atoms. The molecule has 2 atom stereocenters. The third-order valence-electron chi connectivity index (χ3n) is 5.02. The molecule has 1 aromatic carbocycles. The van der Waals surface area contributed by atoms with E-state index < -0.39 is 36.1 Å². The number of anilines is 1. The summed E-state index contributed by atoms with van der Waals surface area (Å²) in [6.07, 6.45) is -5.04. The van der Waals surface area contributed by atoms with Crippen molar-refractivity contribution in [3.05, 3.63) is 65.6 Å². The Morgan fingerprint density at radius 2 is 2.14 bits per heavy atom. The van der Waals surface area contributed by atoms with E-state index in [4.69, 9.17) is 15.9 Å². The van der Waals surface area contributed by atoms with Crippen LogP contribution in [-0.2, 0) is 19.1 Å². The molecule has 1 fully saturated rings. The summed E-state index contributed by atoms with van der Waals surface area (Å²) < 4.78 is 47.2. The first kappa shape index (κ1) is 27.6. The van der Waals surface area contributed by atoms with Gasteiger partial charge in [-0.2, -0.15) is 0 Å². The fraction of sp³-hybridized carbons (Fsp3) is 0.348. The smallest absolute Gasteiger partial charge is 0.406 e. The molecule has 0 aromatic heterocycles. The van der Waals surface area contributed by atoms with Crippen molar-refractivity contribution in [3.8, 4) is 0 Å². The van der Waals surface area contributed by atoms with E-state index in [-0.39, 0.29) is 31.1 Å². The lowest BCUT2D eigenvalue weighted by Gasteiger charge is -2.22. The summed E-state index contributed by atoms with van der Waals surface area (Å²) in [5, 5.41) is 20.5. The molecule has 1 aromatic rings. The summed E-state index contributed by atoms with van der Waals surface area (Å²) in [6, 6.07) is 4.64. The number of nitrogens with zero attached hydrogens (tertiary/aromatic N) is 1. The van der Waals surface area contributed by atoms with Crippen LogP contribution >= 0.6 is 0 Å². The third kappa shape index (κ3) is 7.97. The molecule has 2 unspecified atom stereocenters. The Kier molecular flexibility index (Phi) is 9.20. The van der Waals surface area contributed by atoms with E-state index in [2.05, 4.69) is 16.6 Å². The van der Waals surface area contributed by atoms with E-state index >= 15 is 0 Å². The number of nitrogens with two attached hydrogens (primary N) is 1. The van der Waals surface area contributed by atoms with Crippen molar-refractivity contribution in [3.63, 3.8) is 0 Å². The molecule has 2 rings (SSSR count). The first-order valence-electron chi connectivity index (χ1n) is 10.4. The largest absolute Gasteiger partial charge is 0.573 e. The molecule has 1 saturated heterocycles. The van der Waals surface area contributed by atoms with Gasteiger partial charge in [-0.3, -0.25) is 15.0 Å². The number of aliphatic hydroxyl groups excluding tert-OH is 1. The van der Waals surface area contributed by atoms with Gasteiger partial charge in [-0.25, -0.2) is 0 Å². The van der Waals surface area contributed by atoms with Crippen LogP contribution in [0.2, 0.25) is 0 Å². The molecule has 1 heterocycles. The molecular weight excluding hydrogens is 469 g/mol. The monoisotopic (exact) mass is 496 g/mol. The van der Waals surface area contributed by atoms with E-state index in [1.54, 1.807) is 19.1 Å². The Labute approximate surface area is 200 Å². The zero-order valence-corrected chi connectivity index (χ0v) is 19.2. The maximum absolute atomic E-state index is 12.7. The topological polar surface area (TPSA) is 138 Å². The van der Waals surface area contributed by atoms with Crippen LogP contribution in [0.4, 0.5) is 18.9 Å². The van der Waals surface area contributed by atoms with Gasteiger partial charge in [-0.1, -0.05) is 12.7 Å². The number of hydrogen-bond acceptors (Lipinski definition) is 6. The molecule has 9 nitrogen and oxygen atoms in total. The Morgan fingerprint density at radius 1 is 1.46 bits per heavy atom. The second-order valence-electron chi connectivity index (χ2n) is 7.67. The van der Waals surface area contributed by atoms with Crippen LogP contribution in [0.25, 0.3) is 0 Å². The summed E-state index contributed by atoms with van der Waals surface area (Å²) in [4.78, 5) is 26.5. The minimum absolute atomic E-state index is 0.00883. The standard InChI is InChI=1S/C23H27F3N4O5/c1-4-5-16(35-23(24,25)26)11-14(3)30-8-9-34-18(12-19(30)31)20(32)22(33)29-15-6-7-17(21(27)28)13(2)10-15/h4-7,10-11,18,20,32H,1,8-9,12H2,2-3H3,(H3,27,28)(H,29,33)/b14-11+,16-5+. The van der Waals surface area contributed by atoms with E-state index in [0.29, 0.717) is 16.8 Å². The van der Waals surface area contributed by atoms with Crippen molar-refractivity contribution in [2.75, 3.05) is 18.5 Å². The molecule has 0 aliphatic carbocycles. The fourth-order valence-electron chi connectivity index (χ4n) is 3.41. The number of rotatable bonds is 8. The van der Waals surface area contributed by atoms with Gasteiger partial charge in [0.05, 0.1) is 13.0 Å². The van der Waals surface area contributed by atoms with Gasteiger partial charge in [0.1, 0.15) is 17.7 Å². The Morgan fingerprint density at radius 3 is 2.71 bits per heavy atom. The summed E-state index contributed by atoms with van der Waals surface area (Å²) in [7, 11) is 0. The van der Waals surface area contributed by atoms with Crippen LogP contribution in [0.5, 0.6) is 0 Å². The fourth-order valence-corrected chi connectivity index (χ4v) is 3.41. The maximum Gasteiger partial charge on any atom is 0.573 e. The Balaban J connectivity index is 2.09. The number of carbonyl (C=O) groups excluding carboxylic acids is 2. The molecule has 1 aliphatic rings. The van der Waals surface area contributed by atoms with Crippen molar-refractivity contribution in [2.45, 2.75) is 38.8 Å². The number of benzene rings is 1. The van der Waals surface area contributed by atoms with Gasteiger partial charge in [0.2, 0.25) is 5.91 Å². The molecule has 35 heavy (non-hydrogen) atoms. The number of ether oxygens (including phenoxy) is 2. The number of amidine groups is 1. The van der Waals surface area contributed by atoms with Crippen LogP contribution < -0.4 is 11.1 Å². The quantitative estimate of drug-likeness (QED) is 0.189. The lowest BCUT2D eigenvalue weighted by atomic mass is 10.1. The van der Waals surface area contributed by atoms with Crippen LogP contribution in [0.1, 0.15) is 24.5 Å². The molecule has 0 radical (unpaired) electrons. The normalized spacial score (nSPS) is 18.5. The number of aliphatic hydroxyl groups is 1. The molecule has 0 saturated carbocycles. The minimum atomic E-state index is -4.93. The predicted octanol–water partition coefficient (Wildman–Crippen LogP) is 2.71. The Bertz CT molecular complexity index is 1050. The van der Waals surface area contributed by atoms with Gasteiger partial charge >= 0.3 is 6.36 Å². The van der Waals surface area contributed by atoms with Gasteiger partial charge < -0.3 is 30.5 Å². The minimum Gasteiger partial charge on any atom is -0.406 e. The molecule has 2 amide bonds. The highest BCUT2D eigenvalue weighted by Crippen LogP contribution is 2.24. The summed E-state index contributed by atoms with van der Waals surface area (Å²) >= 11 is 0. The summed E-state index contributed by atoms with van der Waals surface area (Å²) in [6.45, 7) is 6.39. The number of aryl methyl sites for hydroxylation is 1. The highest BCUT2D eigenvalue weighted by Gasteiger charge is 2.34. The average molecular weight is 496 g/mol. The van der Waals surface area contributed by atoms with E-state index in [9.17, 15) is 27.9 Å². The first-order valence-corrected chi connectivity index (χ1v) is 10.4. The second kappa shape index (κ2) is 11.7. The number of halogens is 3. The van der Waals surface area contributed by atoms with Crippen molar-refractivity contribution >= 4 is 23.3 Å². The maximum atomic E-state index is 12.7. The number of alkyl halides is 3. The summed E-state index contributed by atoms with van der Waals surface area (Å²) in [5.74, 6) is -2.06. The molecule has 5 N–H and O–H groups in total. The van der Waals surface area contributed by atoms with E-state index in [0.717, 1.165) is 18.2 Å². The lowest BCUT2D eigenvalue weighted by molar-refractivity contribution is -0.303. The first-order chi connectivity index (χ1) is 16.3. The van der Waals surface area contributed by atoms with Crippen molar-refractivity contribution in [1.29, 1.82) is 5.41 Å². The molecule has 12 heteroatoms. The molecule has 0 spiro atoms. The highest BCUT2D eigenvalue weighted by molar-refractivity contribution is 5.98. The molecule has 190 valence electrons. The molecular formula is C23H27F3N4O5. The second-order valence-corrected chi connectivity index (χ2v) is 7.67. The zero-order valence-electron chi connectivity index (χ0n) is 19.2.